The van der Waals surface area contributed by atoms with Gasteiger partial charge in [0.05, 0.1) is 30.6 Å². The molecule has 0 amide bonds. The largest absolute Gasteiger partial charge is 0.483 e. The molecule has 1 saturated heterocycles. The minimum atomic E-state index is -3.42. The zero-order valence-electron chi connectivity index (χ0n) is 16.2. The molecule has 160 valence electrons. The summed E-state index contributed by atoms with van der Waals surface area (Å²) in [5.74, 6) is -2.02. The number of ether oxygens (including phenoxy) is 1. The molecule has 11 heteroatoms. The summed E-state index contributed by atoms with van der Waals surface area (Å²) in [5, 5.41) is 6.89. The van der Waals surface area contributed by atoms with Crippen molar-refractivity contribution in [1.82, 2.24) is 13.9 Å². The van der Waals surface area contributed by atoms with Crippen molar-refractivity contribution < 1.29 is 31.8 Å². The van der Waals surface area contributed by atoms with Crippen molar-refractivity contribution in [3.05, 3.63) is 41.7 Å². The SMILES string of the molecule is Cc1ccc(-c2nccn2[C@@H]2COC[C@@H]2CS(=O)(=O)N(C)C)c(F)c1F.O=CO. The van der Waals surface area contributed by atoms with E-state index in [1.54, 1.807) is 10.8 Å². The number of aromatic nitrogens is 2. The number of imidazole rings is 1. The molecule has 2 atom stereocenters. The first-order valence-electron chi connectivity index (χ1n) is 8.67. The first-order chi connectivity index (χ1) is 13.6. The van der Waals surface area contributed by atoms with Gasteiger partial charge in [-0.25, -0.2) is 26.5 Å². The average molecular weight is 431 g/mol. The highest BCUT2D eigenvalue weighted by Crippen LogP contribution is 2.33. The van der Waals surface area contributed by atoms with Crippen LogP contribution in [-0.2, 0) is 19.6 Å². The molecule has 1 N–H and O–H groups in total. The molecule has 3 rings (SSSR count). The average Bonchev–Trinajstić information content (AvgIpc) is 3.29. The minimum absolute atomic E-state index is 0.0409. The molecule has 2 aromatic rings. The second kappa shape index (κ2) is 9.42. The number of benzene rings is 1. The molecule has 1 aromatic heterocycles. The van der Waals surface area contributed by atoms with Crippen molar-refractivity contribution in [3.63, 3.8) is 0 Å². The van der Waals surface area contributed by atoms with Crippen molar-refractivity contribution in [2.75, 3.05) is 33.1 Å². The highest BCUT2D eigenvalue weighted by Gasteiger charge is 2.35. The lowest BCUT2D eigenvalue weighted by Gasteiger charge is -2.22. The Morgan fingerprint density at radius 3 is 2.59 bits per heavy atom. The molecule has 1 fully saturated rings. The van der Waals surface area contributed by atoms with E-state index in [4.69, 9.17) is 14.6 Å². The van der Waals surface area contributed by atoms with E-state index < -0.39 is 21.7 Å². The summed E-state index contributed by atoms with van der Waals surface area (Å²) in [5.41, 5.74) is 0.253. The number of carboxylic acid groups (broad SMARTS) is 1. The van der Waals surface area contributed by atoms with Crippen LogP contribution in [0.2, 0.25) is 0 Å². The normalized spacial score (nSPS) is 19.1. The Bertz CT molecular complexity index is 962. The van der Waals surface area contributed by atoms with E-state index in [0.29, 0.717) is 0 Å². The van der Waals surface area contributed by atoms with E-state index in [1.807, 2.05) is 0 Å². The third-order valence-electron chi connectivity index (χ3n) is 4.69. The van der Waals surface area contributed by atoms with Crippen LogP contribution >= 0.6 is 0 Å². The Hall–Kier alpha value is -2.37. The van der Waals surface area contributed by atoms with Gasteiger partial charge in [0.15, 0.2) is 11.6 Å². The second-order valence-corrected chi connectivity index (χ2v) is 8.97. The molecule has 0 bridgehead atoms. The lowest BCUT2D eigenvalue weighted by molar-refractivity contribution is -0.122. The molecular formula is C18H23F2N3O5S. The van der Waals surface area contributed by atoms with Crippen molar-refractivity contribution in [3.8, 4) is 11.4 Å². The Kier molecular flexibility index (Phi) is 7.44. The van der Waals surface area contributed by atoms with Gasteiger partial charge >= 0.3 is 0 Å². The second-order valence-electron chi connectivity index (χ2n) is 6.75. The molecule has 8 nitrogen and oxygen atoms in total. The van der Waals surface area contributed by atoms with Crippen molar-refractivity contribution >= 4 is 16.5 Å². The van der Waals surface area contributed by atoms with Crippen LogP contribution in [-0.4, -0.2) is 66.9 Å². The molecule has 0 aliphatic carbocycles. The quantitative estimate of drug-likeness (QED) is 0.726. The van der Waals surface area contributed by atoms with Crippen LogP contribution in [0.3, 0.4) is 0 Å². The predicted molar refractivity (Wildman–Crippen MR) is 102 cm³/mol. The fourth-order valence-electron chi connectivity index (χ4n) is 3.08. The molecule has 0 unspecified atom stereocenters. The van der Waals surface area contributed by atoms with Crippen molar-refractivity contribution in [1.29, 1.82) is 0 Å². The smallest absolute Gasteiger partial charge is 0.290 e. The van der Waals surface area contributed by atoms with E-state index in [-0.39, 0.29) is 54.3 Å². The maximum atomic E-state index is 14.4. The van der Waals surface area contributed by atoms with Crippen LogP contribution in [0.4, 0.5) is 8.78 Å². The fraction of sp³-hybridized carbons (Fsp3) is 0.444. The Balaban J connectivity index is 0.000000941. The molecule has 0 radical (unpaired) electrons. The molecule has 2 heterocycles. The summed E-state index contributed by atoms with van der Waals surface area (Å²) in [4.78, 5) is 12.5. The van der Waals surface area contributed by atoms with E-state index in [2.05, 4.69) is 4.98 Å². The van der Waals surface area contributed by atoms with Crippen LogP contribution in [0.1, 0.15) is 11.6 Å². The number of nitrogens with zero attached hydrogens (tertiary/aromatic N) is 3. The highest BCUT2D eigenvalue weighted by atomic mass is 32.2. The number of aryl methyl sites for hydroxylation is 1. The van der Waals surface area contributed by atoms with Gasteiger partial charge in [-0.05, 0) is 18.6 Å². The topological polar surface area (TPSA) is 102 Å². The van der Waals surface area contributed by atoms with Crippen LogP contribution in [0, 0.1) is 24.5 Å². The first-order valence-corrected chi connectivity index (χ1v) is 10.3. The van der Waals surface area contributed by atoms with Crippen LogP contribution in [0.5, 0.6) is 0 Å². The first kappa shape index (κ1) is 22.9. The van der Waals surface area contributed by atoms with E-state index in [0.717, 1.165) is 0 Å². The third kappa shape index (κ3) is 4.98. The number of sulfonamides is 1. The maximum absolute atomic E-state index is 14.4. The zero-order chi connectivity index (χ0) is 21.8. The molecule has 1 aromatic carbocycles. The monoisotopic (exact) mass is 431 g/mol. The van der Waals surface area contributed by atoms with E-state index in [1.165, 1.54) is 43.7 Å². The van der Waals surface area contributed by atoms with Crippen LogP contribution < -0.4 is 0 Å². The molecule has 0 saturated carbocycles. The molecule has 1 aliphatic heterocycles. The Morgan fingerprint density at radius 1 is 1.31 bits per heavy atom. The lowest BCUT2D eigenvalue weighted by Crippen LogP contribution is -2.32. The van der Waals surface area contributed by atoms with Gasteiger partial charge in [0.25, 0.3) is 6.47 Å². The van der Waals surface area contributed by atoms with Gasteiger partial charge in [0, 0.05) is 32.4 Å². The molecule has 29 heavy (non-hydrogen) atoms. The number of halogens is 2. The molecule has 0 spiro atoms. The van der Waals surface area contributed by atoms with E-state index in [9.17, 15) is 17.2 Å². The highest BCUT2D eigenvalue weighted by molar-refractivity contribution is 7.89. The lowest BCUT2D eigenvalue weighted by atomic mass is 10.0. The van der Waals surface area contributed by atoms with Crippen molar-refractivity contribution in [2.24, 2.45) is 5.92 Å². The summed E-state index contributed by atoms with van der Waals surface area (Å²) in [6.07, 6.45) is 3.13. The predicted octanol–water partition coefficient (Wildman–Crippen LogP) is 1.92. The van der Waals surface area contributed by atoms with Gasteiger partial charge in [0.1, 0.15) is 5.82 Å². The summed E-state index contributed by atoms with van der Waals surface area (Å²) in [6, 6.07) is 2.64. The van der Waals surface area contributed by atoms with Gasteiger partial charge in [-0.15, -0.1) is 0 Å². The summed E-state index contributed by atoms with van der Waals surface area (Å²) < 4.78 is 61.2. The summed E-state index contributed by atoms with van der Waals surface area (Å²) >= 11 is 0. The zero-order valence-corrected chi connectivity index (χ0v) is 17.1. The molecular weight excluding hydrogens is 408 g/mol. The van der Waals surface area contributed by atoms with Gasteiger partial charge in [-0.3, -0.25) is 4.79 Å². The fourth-order valence-corrected chi connectivity index (χ4v) is 4.24. The van der Waals surface area contributed by atoms with Gasteiger partial charge in [-0.1, -0.05) is 6.07 Å². The van der Waals surface area contributed by atoms with Crippen molar-refractivity contribution in [2.45, 2.75) is 13.0 Å². The Morgan fingerprint density at radius 2 is 1.97 bits per heavy atom. The van der Waals surface area contributed by atoms with Crippen LogP contribution in [0.15, 0.2) is 24.5 Å². The number of hydrogen-bond donors (Lipinski definition) is 1. The number of hydrogen-bond acceptors (Lipinski definition) is 5. The summed E-state index contributed by atoms with van der Waals surface area (Å²) in [6.45, 7) is 1.80. The Labute approximate surface area is 167 Å². The number of carbonyl (C=O) groups is 1. The standard InChI is InChI=1S/C17H21F2N3O3S.CH2O2/c1-11-4-5-13(16(19)15(11)18)17-20-6-7-22(17)14-9-25-8-12(14)10-26(23,24)21(2)3;2-1-3/h4-7,12,14H,8-10H2,1-3H3;1H,(H,2,3)/t12-,14-;/m1./s1. The minimum Gasteiger partial charge on any atom is -0.483 e. The summed E-state index contributed by atoms with van der Waals surface area (Å²) in [7, 11) is -0.459. The third-order valence-corrected chi connectivity index (χ3v) is 6.65. The maximum Gasteiger partial charge on any atom is 0.290 e. The van der Waals surface area contributed by atoms with Gasteiger partial charge < -0.3 is 14.4 Å². The van der Waals surface area contributed by atoms with Gasteiger partial charge in [-0.2, -0.15) is 0 Å². The molecule has 1 aliphatic rings. The number of rotatable bonds is 5. The van der Waals surface area contributed by atoms with E-state index >= 15 is 0 Å². The van der Waals surface area contributed by atoms with Crippen LogP contribution in [0.25, 0.3) is 11.4 Å². The van der Waals surface area contributed by atoms with Gasteiger partial charge in [0.2, 0.25) is 10.0 Å².